The highest BCUT2D eigenvalue weighted by Gasteiger charge is 2.12. The van der Waals surface area contributed by atoms with Gasteiger partial charge in [-0.3, -0.25) is 4.79 Å². The van der Waals surface area contributed by atoms with Gasteiger partial charge in [0.1, 0.15) is 13.2 Å². The van der Waals surface area contributed by atoms with Gasteiger partial charge in [-0.25, -0.2) is 0 Å². The Morgan fingerprint density at radius 2 is 1.75 bits per heavy atom. The maximum Gasteiger partial charge on any atom is 0.248 e. The van der Waals surface area contributed by atoms with Crippen molar-refractivity contribution in [2.75, 3.05) is 37.5 Å². The second kappa shape index (κ2) is 7.08. The molecule has 1 N–H and O–H groups in total. The molecule has 0 bridgehead atoms. The van der Waals surface area contributed by atoms with E-state index in [1.807, 2.05) is 43.3 Å². The molecule has 5 nitrogen and oxygen atoms in total. The standard InChI is InChI=1S/C19H20N2O3/c1-21(2)16-7-3-14(4-8-16)5-10-19(22)20-15-6-9-17-18(13-15)24-12-11-23-17/h3-10,13H,11-12H2,1-2H3,(H,20,22). The number of ether oxygens (including phenoxy) is 2. The van der Waals surface area contributed by atoms with Gasteiger partial charge in [0, 0.05) is 37.6 Å². The summed E-state index contributed by atoms with van der Waals surface area (Å²) in [4.78, 5) is 14.1. The average molecular weight is 324 g/mol. The molecule has 1 aliphatic heterocycles. The van der Waals surface area contributed by atoms with Crippen LogP contribution in [0.15, 0.2) is 48.5 Å². The molecule has 5 heteroatoms. The van der Waals surface area contributed by atoms with Crippen LogP contribution in [-0.4, -0.2) is 33.2 Å². The number of nitrogens with zero attached hydrogens (tertiary/aromatic N) is 1. The molecule has 1 heterocycles. The molecule has 2 aromatic carbocycles. The van der Waals surface area contributed by atoms with Crippen molar-refractivity contribution < 1.29 is 14.3 Å². The summed E-state index contributed by atoms with van der Waals surface area (Å²) in [5.74, 6) is 1.17. The first-order valence-corrected chi connectivity index (χ1v) is 7.78. The minimum absolute atomic E-state index is 0.191. The zero-order valence-electron chi connectivity index (χ0n) is 13.8. The number of nitrogens with one attached hydrogen (secondary N) is 1. The van der Waals surface area contributed by atoms with Gasteiger partial charge in [0.15, 0.2) is 11.5 Å². The van der Waals surface area contributed by atoms with Crippen LogP contribution < -0.4 is 19.7 Å². The van der Waals surface area contributed by atoms with Crippen LogP contribution in [0.3, 0.4) is 0 Å². The van der Waals surface area contributed by atoms with Crippen LogP contribution in [0.5, 0.6) is 11.5 Å². The lowest BCUT2D eigenvalue weighted by molar-refractivity contribution is -0.111. The van der Waals surface area contributed by atoms with Crippen molar-refractivity contribution in [3.63, 3.8) is 0 Å². The summed E-state index contributed by atoms with van der Waals surface area (Å²) >= 11 is 0. The molecule has 124 valence electrons. The van der Waals surface area contributed by atoms with E-state index in [4.69, 9.17) is 9.47 Å². The lowest BCUT2D eigenvalue weighted by Gasteiger charge is -2.18. The SMILES string of the molecule is CN(C)c1ccc(C=CC(=O)Nc2ccc3c(c2)OCCO3)cc1. The Kier molecular flexibility index (Phi) is 4.70. The van der Waals surface area contributed by atoms with E-state index in [9.17, 15) is 4.79 Å². The molecule has 0 aromatic heterocycles. The monoisotopic (exact) mass is 324 g/mol. The Morgan fingerprint density at radius 3 is 2.46 bits per heavy atom. The van der Waals surface area contributed by atoms with Crippen LogP contribution in [0.1, 0.15) is 5.56 Å². The second-order valence-corrected chi connectivity index (χ2v) is 5.67. The van der Waals surface area contributed by atoms with Crippen LogP contribution >= 0.6 is 0 Å². The molecule has 2 aromatic rings. The number of carbonyl (C=O) groups is 1. The van der Waals surface area contributed by atoms with E-state index < -0.39 is 0 Å². The number of carbonyl (C=O) groups excluding carboxylic acids is 1. The Hall–Kier alpha value is -2.95. The number of hydrogen-bond acceptors (Lipinski definition) is 4. The Bertz CT molecular complexity index is 752. The molecule has 0 saturated heterocycles. The zero-order chi connectivity index (χ0) is 16.9. The third-order valence-electron chi connectivity index (χ3n) is 3.65. The average Bonchev–Trinajstić information content (AvgIpc) is 2.60. The fourth-order valence-electron chi connectivity index (χ4n) is 2.36. The molecule has 1 amide bonds. The summed E-state index contributed by atoms with van der Waals surface area (Å²) < 4.78 is 11.0. The number of hydrogen-bond donors (Lipinski definition) is 1. The van der Waals surface area contributed by atoms with Crippen LogP contribution in [0.4, 0.5) is 11.4 Å². The van der Waals surface area contributed by atoms with Crippen molar-refractivity contribution in [1.29, 1.82) is 0 Å². The Labute approximate surface area is 141 Å². The van der Waals surface area contributed by atoms with Crippen molar-refractivity contribution in [2.24, 2.45) is 0 Å². The Balaban J connectivity index is 1.62. The molecular formula is C19H20N2O3. The summed E-state index contributed by atoms with van der Waals surface area (Å²) in [7, 11) is 3.98. The lowest BCUT2D eigenvalue weighted by Crippen LogP contribution is -2.16. The van der Waals surface area contributed by atoms with Gasteiger partial charge in [-0.05, 0) is 35.9 Å². The highest BCUT2D eigenvalue weighted by Crippen LogP contribution is 2.32. The molecule has 0 atom stereocenters. The third-order valence-corrected chi connectivity index (χ3v) is 3.65. The van der Waals surface area contributed by atoms with Crippen molar-refractivity contribution in [3.8, 4) is 11.5 Å². The van der Waals surface area contributed by atoms with Crippen molar-refractivity contribution in [3.05, 3.63) is 54.1 Å². The van der Waals surface area contributed by atoms with E-state index in [0.717, 1.165) is 11.3 Å². The smallest absolute Gasteiger partial charge is 0.248 e. The summed E-state index contributed by atoms with van der Waals surface area (Å²) in [5, 5.41) is 2.82. The first-order chi connectivity index (χ1) is 11.6. The summed E-state index contributed by atoms with van der Waals surface area (Å²) in [5.41, 5.74) is 2.77. The van der Waals surface area contributed by atoms with Crippen LogP contribution in [0.2, 0.25) is 0 Å². The molecule has 0 unspecified atom stereocenters. The number of anilines is 2. The summed E-state index contributed by atoms with van der Waals surface area (Å²) in [6, 6.07) is 13.3. The van der Waals surface area contributed by atoms with E-state index in [-0.39, 0.29) is 5.91 Å². The topological polar surface area (TPSA) is 50.8 Å². The predicted molar refractivity (Wildman–Crippen MR) is 95.9 cm³/mol. The maximum absolute atomic E-state index is 12.1. The molecule has 0 spiro atoms. The van der Waals surface area contributed by atoms with Gasteiger partial charge in [0.05, 0.1) is 0 Å². The van der Waals surface area contributed by atoms with E-state index in [0.29, 0.717) is 30.4 Å². The summed E-state index contributed by atoms with van der Waals surface area (Å²) in [6.45, 7) is 1.07. The molecule has 0 fully saturated rings. The molecule has 1 aliphatic rings. The van der Waals surface area contributed by atoms with Crippen LogP contribution in [0.25, 0.3) is 6.08 Å². The van der Waals surface area contributed by atoms with Gasteiger partial charge in [-0.1, -0.05) is 12.1 Å². The number of rotatable bonds is 4. The first kappa shape index (κ1) is 15.9. The first-order valence-electron chi connectivity index (χ1n) is 7.78. The fraction of sp³-hybridized carbons (Fsp3) is 0.211. The molecule has 3 rings (SSSR count). The number of amides is 1. The van der Waals surface area contributed by atoms with Gasteiger partial charge >= 0.3 is 0 Å². The number of fused-ring (bicyclic) bond motifs is 1. The zero-order valence-corrected chi connectivity index (χ0v) is 13.8. The lowest BCUT2D eigenvalue weighted by atomic mass is 10.2. The largest absolute Gasteiger partial charge is 0.486 e. The Morgan fingerprint density at radius 1 is 1.04 bits per heavy atom. The fourth-order valence-corrected chi connectivity index (χ4v) is 2.36. The molecular weight excluding hydrogens is 304 g/mol. The van der Waals surface area contributed by atoms with Gasteiger partial charge in [0.25, 0.3) is 0 Å². The van der Waals surface area contributed by atoms with Crippen LogP contribution in [0, 0.1) is 0 Å². The van der Waals surface area contributed by atoms with E-state index in [1.165, 1.54) is 6.08 Å². The van der Waals surface area contributed by atoms with Crippen molar-refractivity contribution in [2.45, 2.75) is 0 Å². The molecule has 0 radical (unpaired) electrons. The maximum atomic E-state index is 12.1. The van der Waals surface area contributed by atoms with Crippen molar-refractivity contribution >= 4 is 23.4 Å². The predicted octanol–water partition coefficient (Wildman–Crippen LogP) is 3.18. The van der Waals surface area contributed by atoms with E-state index in [2.05, 4.69) is 5.32 Å². The molecule has 0 saturated carbocycles. The third kappa shape index (κ3) is 3.87. The molecule has 0 aliphatic carbocycles. The van der Waals surface area contributed by atoms with Crippen LogP contribution in [-0.2, 0) is 4.79 Å². The summed E-state index contributed by atoms with van der Waals surface area (Å²) in [6.07, 6.45) is 3.30. The van der Waals surface area contributed by atoms with E-state index in [1.54, 1.807) is 24.3 Å². The molecule has 24 heavy (non-hydrogen) atoms. The van der Waals surface area contributed by atoms with Gasteiger partial charge in [-0.15, -0.1) is 0 Å². The minimum atomic E-state index is -0.191. The quantitative estimate of drug-likeness (QED) is 0.878. The van der Waals surface area contributed by atoms with Gasteiger partial charge in [0.2, 0.25) is 5.91 Å². The minimum Gasteiger partial charge on any atom is -0.486 e. The van der Waals surface area contributed by atoms with Crippen molar-refractivity contribution in [1.82, 2.24) is 0 Å². The van der Waals surface area contributed by atoms with Gasteiger partial charge < -0.3 is 19.7 Å². The highest BCUT2D eigenvalue weighted by molar-refractivity contribution is 6.02. The second-order valence-electron chi connectivity index (χ2n) is 5.67. The highest BCUT2D eigenvalue weighted by atomic mass is 16.6. The number of benzene rings is 2. The van der Waals surface area contributed by atoms with Gasteiger partial charge in [-0.2, -0.15) is 0 Å². The van der Waals surface area contributed by atoms with E-state index >= 15 is 0 Å². The normalized spacial score (nSPS) is 12.9.